The van der Waals surface area contributed by atoms with Gasteiger partial charge in [0, 0.05) is 20.0 Å². The van der Waals surface area contributed by atoms with E-state index in [0.717, 1.165) is 16.9 Å². The summed E-state index contributed by atoms with van der Waals surface area (Å²) in [4.78, 5) is 28.0. The summed E-state index contributed by atoms with van der Waals surface area (Å²) in [6, 6.07) is 7.42. The molecule has 1 heterocycles. The summed E-state index contributed by atoms with van der Waals surface area (Å²) in [7, 11) is 0. The molecule has 6 nitrogen and oxygen atoms in total. The number of nitrogens with zero attached hydrogens (tertiary/aromatic N) is 2. The Morgan fingerprint density at radius 2 is 1.96 bits per heavy atom. The molecule has 0 unspecified atom stereocenters. The quantitative estimate of drug-likeness (QED) is 0.850. The Morgan fingerprint density at radius 1 is 1.26 bits per heavy atom. The Labute approximate surface area is 136 Å². The number of hydrogen-bond acceptors (Lipinski definition) is 3. The van der Waals surface area contributed by atoms with Crippen molar-refractivity contribution in [3.8, 4) is 0 Å². The largest absolute Gasteiger partial charge is 0.353 e. The summed E-state index contributed by atoms with van der Waals surface area (Å²) in [6.45, 7) is 8.33. The van der Waals surface area contributed by atoms with Gasteiger partial charge in [0.1, 0.15) is 11.9 Å². The van der Waals surface area contributed by atoms with Crippen molar-refractivity contribution >= 4 is 22.8 Å². The minimum atomic E-state index is -0.506. The maximum Gasteiger partial charge on any atom is 0.242 e. The number of carbonyl (C=O) groups excluding carboxylic acids is 2. The number of imidazole rings is 1. The van der Waals surface area contributed by atoms with E-state index in [0.29, 0.717) is 13.1 Å². The topological polar surface area (TPSA) is 76.0 Å². The van der Waals surface area contributed by atoms with Crippen molar-refractivity contribution in [2.75, 3.05) is 6.54 Å². The molecule has 0 fully saturated rings. The molecule has 0 saturated carbocycles. The second kappa shape index (κ2) is 7.26. The molecule has 1 aromatic carbocycles. The number of para-hydroxylation sites is 2. The Balaban J connectivity index is 1.99. The number of hydrogen-bond donors (Lipinski definition) is 2. The lowest BCUT2D eigenvalue weighted by Gasteiger charge is -2.21. The molecule has 2 amide bonds. The van der Waals surface area contributed by atoms with Gasteiger partial charge in [0.25, 0.3) is 0 Å². The highest BCUT2D eigenvalue weighted by molar-refractivity contribution is 5.87. The van der Waals surface area contributed by atoms with E-state index in [4.69, 9.17) is 0 Å². The van der Waals surface area contributed by atoms with Gasteiger partial charge in [-0.05, 0) is 25.0 Å². The Morgan fingerprint density at radius 3 is 2.61 bits per heavy atom. The highest BCUT2D eigenvalue weighted by Crippen LogP contribution is 2.14. The smallest absolute Gasteiger partial charge is 0.242 e. The van der Waals surface area contributed by atoms with E-state index in [1.54, 1.807) is 0 Å². The van der Waals surface area contributed by atoms with Gasteiger partial charge in [-0.1, -0.05) is 26.0 Å². The van der Waals surface area contributed by atoms with Crippen molar-refractivity contribution < 1.29 is 9.59 Å². The van der Waals surface area contributed by atoms with Gasteiger partial charge in [-0.15, -0.1) is 0 Å². The summed E-state index contributed by atoms with van der Waals surface area (Å²) in [5.74, 6) is 0.602. The lowest BCUT2D eigenvalue weighted by Crippen LogP contribution is -2.49. The van der Waals surface area contributed by atoms with Crippen LogP contribution in [0, 0.1) is 12.8 Å². The van der Waals surface area contributed by atoms with Crippen molar-refractivity contribution in [3.05, 3.63) is 30.1 Å². The third-order valence-electron chi connectivity index (χ3n) is 3.79. The van der Waals surface area contributed by atoms with Crippen LogP contribution in [0.25, 0.3) is 11.0 Å². The summed E-state index contributed by atoms with van der Waals surface area (Å²) in [5, 5.41) is 5.59. The van der Waals surface area contributed by atoms with Crippen LogP contribution in [0.2, 0.25) is 0 Å². The second-order valence-electron chi connectivity index (χ2n) is 6.01. The molecule has 2 rings (SSSR count). The third kappa shape index (κ3) is 4.09. The highest BCUT2D eigenvalue weighted by atomic mass is 16.2. The minimum absolute atomic E-state index is 0.0368. The molecular formula is C17H24N4O2. The van der Waals surface area contributed by atoms with Crippen molar-refractivity contribution in [2.45, 2.75) is 40.3 Å². The zero-order chi connectivity index (χ0) is 17.0. The number of nitrogens with one attached hydrogen (secondary N) is 2. The van der Waals surface area contributed by atoms with Gasteiger partial charge in [0.15, 0.2) is 0 Å². The summed E-state index contributed by atoms with van der Waals surface area (Å²) < 4.78 is 2.08. The lowest BCUT2D eigenvalue weighted by atomic mass is 10.0. The summed E-state index contributed by atoms with van der Waals surface area (Å²) >= 11 is 0. The zero-order valence-corrected chi connectivity index (χ0v) is 14.1. The molecule has 1 atom stereocenters. The van der Waals surface area contributed by atoms with Crippen LogP contribution in [0.15, 0.2) is 24.3 Å². The number of aromatic nitrogens is 2. The maximum absolute atomic E-state index is 12.2. The van der Waals surface area contributed by atoms with E-state index in [2.05, 4.69) is 20.2 Å². The van der Waals surface area contributed by atoms with Gasteiger partial charge >= 0.3 is 0 Å². The SMILES string of the molecule is CC(=O)N[C@@H](C(=O)NCCn1c(C)nc2ccccc21)C(C)C. The molecule has 0 aliphatic carbocycles. The van der Waals surface area contributed by atoms with Crippen LogP contribution >= 0.6 is 0 Å². The zero-order valence-electron chi connectivity index (χ0n) is 14.1. The monoisotopic (exact) mass is 316 g/mol. The molecular weight excluding hydrogens is 292 g/mol. The Hall–Kier alpha value is -2.37. The molecule has 0 radical (unpaired) electrons. The van der Waals surface area contributed by atoms with Crippen LogP contribution in [-0.2, 0) is 16.1 Å². The van der Waals surface area contributed by atoms with Gasteiger partial charge in [0.05, 0.1) is 11.0 Å². The van der Waals surface area contributed by atoms with Crippen molar-refractivity contribution in [1.29, 1.82) is 0 Å². The molecule has 6 heteroatoms. The van der Waals surface area contributed by atoms with Gasteiger partial charge in [-0.2, -0.15) is 0 Å². The van der Waals surface area contributed by atoms with Gasteiger partial charge in [-0.3, -0.25) is 9.59 Å². The fourth-order valence-electron chi connectivity index (χ4n) is 2.63. The van der Waals surface area contributed by atoms with Gasteiger partial charge in [-0.25, -0.2) is 4.98 Å². The number of amides is 2. The second-order valence-corrected chi connectivity index (χ2v) is 6.01. The number of benzene rings is 1. The molecule has 0 aliphatic heterocycles. The maximum atomic E-state index is 12.2. The van der Waals surface area contributed by atoms with Crippen LogP contribution in [0.1, 0.15) is 26.6 Å². The average Bonchev–Trinajstić information content (AvgIpc) is 2.80. The fraction of sp³-hybridized carbons (Fsp3) is 0.471. The molecule has 23 heavy (non-hydrogen) atoms. The molecule has 1 aromatic heterocycles. The third-order valence-corrected chi connectivity index (χ3v) is 3.79. The summed E-state index contributed by atoms with van der Waals surface area (Å²) in [5.41, 5.74) is 2.01. The van der Waals surface area contributed by atoms with Crippen LogP contribution < -0.4 is 10.6 Å². The number of rotatable bonds is 6. The van der Waals surface area contributed by atoms with Crippen LogP contribution in [-0.4, -0.2) is 34.0 Å². The van der Waals surface area contributed by atoms with Crippen molar-refractivity contribution in [2.24, 2.45) is 5.92 Å². The molecule has 2 aromatic rings. The minimum Gasteiger partial charge on any atom is -0.353 e. The van der Waals surface area contributed by atoms with Gasteiger partial charge in [0.2, 0.25) is 11.8 Å². The van der Waals surface area contributed by atoms with Crippen molar-refractivity contribution in [3.63, 3.8) is 0 Å². The van der Waals surface area contributed by atoms with Crippen LogP contribution in [0.5, 0.6) is 0 Å². The standard InChI is InChI=1S/C17H24N4O2/c1-11(2)16(20-13(4)22)17(23)18-9-10-21-12(3)19-14-7-5-6-8-15(14)21/h5-8,11,16H,9-10H2,1-4H3,(H,18,23)(H,20,22)/t16-/m1/s1. The first kappa shape index (κ1) is 17.0. The molecule has 0 aliphatic rings. The molecule has 0 bridgehead atoms. The van der Waals surface area contributed by atoms with E-state index >= 15 is 0 Å². The van der Waals surface area contributed by atoms with E-state index in [1.807, 2.05) is 45.0 Å². The van der Waals surface area contributed by atoms with E-state index in [-0.39, 0.29) is 17.7 Å². The highest BCUT2D eigenvalue weighted by Gasteiger charge is 2.22. The molecule has 0 spiro atoms. The predicted molar refractivity (Wildman–Crippen MR) is 89.9 cm³/mol. The van der Waals surface area contributed by atoms with Gasteiger partial charge < -0.3 is 15.2 Å². The van der Waals surface area contributed by atoms with Crippen LogP contribution in [0.4, 0.5) is 0 Å². The molecule has 2 N–H and O–H groups in total. The number of carbonyl (C=O) groups is 2. The van der Waals surface area contributed by atoms with Crippen molar-refractivity contribution in [1.82, 2.24) is 20.2 Å². The molecule has 124 valence electrons. The Kier molecular flexibility index (Phi) is 5.36. The van der Waals surface area contributed by atoms with E-state index in [9.17, 15) is 9.59 Å². The van der Waals surface area contributed by atoms with E-state index < -0.39 is 6.04 Å². The molecule has 0 saturated heterocycles. The first-order valence-electron chi connectivity index (χ1n) is 7.87. The number of aryl methyl sites for hydroxylation is 1. The van der Waals surface area contributed by atoms with Crippen LogP contribution in [0.3, 0.4) is 0 Å². The number of fused-ring (bicyclic) bond motifs is 1. The summed E-state index contributed by atoms with van der Waals surface area (Å²) in [6.07, 6.45) is 0. The first-order valence-corrected chi connectivity index (χ1v) is 7.87. The normalized spacial score (nSPS) is 12.4. The average molecular weight is 316 g/mol. The first-order chi connectivity index (χ1) is 10.9. The Bertz CT molecular complexity index is 706. The van der Waals surface area contributed by atoms with E-state index in [1.165, 1.54) is 6.92 Å². The lowest BCUT2D eigenvalue weighted by molar-refractivity contribution is -0.129. The fourth-order valence-corrected chi connectivity index (χ4v) is 2.63. The predicted octanol–water partition coefficient (Wildman–Crippen LogP) is 1.62.